The lowest BCUT2D eigenvalue weighted by molar-refractivity contribution is -0.124. The predicted octanol–water partition coefficient (Wildman–Crippen LogP) is 2.92. The summed E-state index contributed by atoms with van der Waals surface area (Å²) in [5.41, 5.74) is 2.64. The summed E-state index contributed by atoms with van der Waals surface area (Å²) in [7, 11) is 1.69. The molecule has 7 heteroatoms. The second kappa shape index (κ2) is 9.24. The van der Waals surface area contributed by atoms with Gasteiger partial charge < -0.3 is 14.8 Å². The molecule has 2 aliphatic heterocycles. The van der Waals surface area contributed by atoms with Crippen molar-refractivity contribution in [2.75, 3.05) is 33.4 Å². The van der Waals surface area contributed by atoms with Gasteiger partial charge in [-0.25, -0.2) is 0 Å². The van der Waals surface area contributed by atoms with Crippen LogP contribution in [0.3, 0.4) is 0 Å². The lowest BCUT2D eigenvalue weighted by atomic mass is 9.94. The monoisotopic (exact) mass is 415 g/mol. The van der Waals surface area contributed by atoms with Crippen LogP contribution in [0.4, 0.5) is 0 Å². The molecule has 1 aliphatic carbocycles. The molecule has 2 heterocycles. The third-order valence-corrected chi connectivity index (χ3v) is 6.26. The first-order valence-corrected chi connectivity index (χ1v) is 10.9. The average Bonchev–Trinajstić information content (AvgIpc) is 3.02. The van der Waals surface area contributed by atoms with Crippen LogP contribution in [0.2, 0.25) is 0 Å². The molecule has 6 nitrogen and oxygen atoms in total. The Balaban J connectivity index is 1.53. The Hall–Kier alpha value is -1.96. The largest absolute Gasteiger partial charge is 0.496 e. The molecule has 156 valence electrons. The van der Waals surface area contributed by atoms with E-state index in [9.17, 15) is 4.79 Å². The van der Waals surface area contributed by atoms with Crippen LogP contribution in [0.25, 0.3) is 6.08 Å². The molecule has 0 unspecified atom stereocenters. The lowest BCUT2D eigenvalue weighted by Crippen LogP contribution is -2.41. The molecular weight excluding hydrogens is 386 g/mol. The van der Waals surface area contributed by atoms with Crippen LogP contribution in [0.15, 0.2) is 23.9 Å². The maximum absolute atomic E-state index is 13.0. The van der Waals surface area contributed by atoms with Gasteiger partial charge in [0.05, 0.1) is 20.3 Å². The minimum absolute atomic E-state index is 0.00699. The Kier molecular flexibility index (Phi) is 6.47. The molecule has 1 saturated carbocycles. The van der Waals surface area contributed by atoms with Crippen LogP contribution in [0, 0.1) is 0 Å². The van der Waals surface area contributed by atoms with Crippen molar-refractivity contribution < 1.29 is 14.3 Å². The average molecular weight is 416 g/mol. The van der Waals surface area contributed by atoms with E-state index in [2.05, 4.69) is 16.3 Å². The number of ether oxygens (including phenoxy) is 2. The number of amides is 1. The molecule has 1 aromatic carbocycles. The Morgan fingerprint density at radius 1 is 1.24 bits per heavy atom. The zero-order valence-electron chi connectivity index (χ0n) is 17.0. The fourth-order valence-electron chi connectivity index (χ4n) is 4.40. The molecule has 0 bridgehead atoms. The van der Waals surface area contributed by atoms with E-state index in [4.69, 9.17) is 21.7 Å². The number of methoxy groups -OCH3 is 1. The van der Waals surface area contributed by atoms with Crippen molar-refractivity contribution in [1.82, 2.24) is 15.1 Å². The van der Waals surface area contributed by atoms with Crippen LogP contribution < -0.4 is 10.1 Å². The van der Waals surface area contributed by atoms with Crippen molar-refractivity contribution in [1.29, 1.82) is 0 Å². The molecule has 3 fully saturated rings. The zero-order valence-corrected chi connectivity index (χ0v) is 17.8. The van der Waals surface area contributed by atoms with Gasteiger partial charge in [0.1, 0.15) is 11.4 Å². The standard InChI is InChI=1S/C22H29N3O3S/c1-27-20-8-7-16(13-17(20)15-24-9-11-28-12-10-24)14-19-21(26)25(22(29)23-19)18-5-3-2-4-6-18/h7-8,13-14,18H,2-6,9-12,15H2,1H3,(H,23,29)/b19-14+. The highest BCUT2D eigenvalue weighted by molar-refractivity contribution is 7.80. The van der Waals surface area contributed by atoms with Crippen molar-refractivity contribution in [2.45, 2.75) is 44.7 Å². The Morgan fingerprint density at radius 3 is 2.72 bits per heavy atom. The van der Waals surface area contributed by atoms with Crippen molar-refractivity contribution in [2.24, 2.45) is 0 Å². The number of nitrogens with one attached hydrogen (secondary N) is 1. The second-order valence-corrected chi connectivity index (χ2v) is 8.30. The first-order chi connectivity index (χ1) is 14.2. The van der Waals surface area contributed by atoms with E-state index in [1.165, 1.54) is 19.3 Å². The summed E-state index contributed by atoms with van der Waals surface area (Å²) in [6, 6.07) is 6.28. The van der Waals surface area contributed by atoms with Crippen molar-refractivity contribution in [3.8, 4) is 5.75 Å². The van der Waals surface area contributed by atoms with Crippen LogP contribution in [-0.4, -0.2) is 60.3 Å². The van der Waals surface area contributed by atoms with E-state index in [0.717, 1.165) is 62.6 Å². The highest BCUT2D eigenvalue weighted by Crippen LogP contribution is 2.28. The van der Waals surface area contributed by atoms with E-state index in [0.29, 0.717) is 10.8 Å². The van der Waals surface area contributed by atoms with Gasteiger partial charge in [0.15, 0.2) is 5.11 Å². The third kappa shape index (κ3) is 4.63. The van der Waals surface area contributed by atoms with E-state index in [1.54, 1.807) is 12.0 Å². The molecule has 0 aromatic heterocycles. The van der Waals surface area contributed by atoms with Crippen LogP contribution in [0.1, 0.15) is 43.2 Å². The first kappa shape index (κ1) is 20.3. The molecule has 0 radical (unpaired) electrons. The topological polar surface area (TPSA) is 54.0 Å². The Labute approximate surface area is 177 Å². The SMILES string of the molecule is COc1ccc(/C=C2/NC(=S)N(C3CCCCC3)C2=O)cc1CN1CCOCC1. The van der Waals surface area contributed by atoms with E-state index in [-0.39, 0.29) is 11.9 Å². The number of carbonyl (C=O) groups is 1. The maximum atomic E-state index is 13.0. The number of benzene rings is 1. The maximum Gasteiger partial charge on any atom is 0.276 e. The van der Waals surface area contributed by atoms with E-state index in [1.807, 2.05) is 18.2 Å². The summed E-state index contributed by atoms with van der Waals surface area (Å²) < 4.78 is 11.0. The fraction of sp³-hybridized carbons (Fsp3) is 0.545. The highest BCUT2D eigenvalue weighted by atomic mass is 32.1. The molecule has 0 atom stereocenters. The fourth-order valence-corrected chi connectivity index (χ4v) is 4.74. The highest BCUT2D eigenvalue weighted by Gasteiger charge is 2.36. The summed E-state index contributed by atoms with van der Waals surface area (Å²) in [5, 5.41) is 3.68. The van der Waals surface area contributed by atoms with Gasteiger partial charge >= 0.3 is 0 Å². The lowest BCUT2D eigenvalue weighted by Gasteiger charge is -2.29. The number of rotatable bonds is 5. The van der Waals surface area contributed by atoms with Gasteiger partial charge in [-0.1, -0.05) is 25.3 Å². The number of hydrogen-bond acceptors (Lipinski definition) is 5. The summed E-state index contributed by atoms with van der Waals surface area (Å²) in [4.78, 5) is 17.2. The van der Waals surface area contributed by atoms with Crippen molar-refractivity contribution >= 4 is 29.3 Å². The number of thiocarbonyl (C=S) groups is 1. The number of hydrogen-bond donors (Lipinski definition) is 1. The molecule has 2 saturated heterocycles. The Morgan fingerprint density at radius 2 is 2.00 bits per heavy atom. The quantitative estimate of drug-likeness (QED) is 0.590. The molecule has 4 rings (SSSR count). The number of carbonyl (C=O) groups excluding carboxylic acids is 1. The Bertz CT molecular complexity index is 798. The minimum atomic E-state index is -0.00699. The summed E-state index contributed by atoms with van der Waals surface area (Å²) in [6.07, 6.45) is 7.55. The smallest absolute Gasteiger partial charge is 0.276 e. The third-order valence-electron chi connectivity index (χ3n) is 5.96. The first-order valence-electron chi connectivity index (χ1n) is 10.5. The predicted molar refractivity (Wildman–Crippen MR) is 117 cm³/mol. The van der Waals surface area contributed by atoms with Gasteiger partial charge in [-0.2, -0.15) is 0 Å². The van der Waals surface area contributed by atoms with Gasteiger partial charge in [-0.15, -0.1) is 0 Å². The molecule has 3 aliphatic rings. The number of nitrogens with zero attached hydrogens (tertiary/aromatic N) is 2. The molecule has 29 heavy (non-hydrogen) atoms. The van der Waals surface area contributed by atoms with Crippen molar-refractivity contribution in [3.05, 3.63) is 35.0 Å². The summed E-state index contributed by atoms with van der Waals surface area (Å²) in [6.45, 7) is 4.16. The van der Waals surface area contributed by atoms with Gasteiger partial charge in [-0.05, 0) is 48.8 Å². The second-order valence-electron chi connectivity index (χ2n) is 7.91. The minimum Gasteiger partial charge on any atom is -0.496 e. The number of morpholine rings is 1. The molecular formula is C22H29N3O3S. The zero-order chi connectivity index (χ0) is 20.2. The molecule has 1 amide bonds. The van der Waals surface area contributed by atoms with Gasteiger partial charge in [0.25, 0.3) is 5.91 Å². The van der Waals surface area contributed by atoms with Gasteiger partial charge in [-0.3, -0.25) is 14.6 Å². The van der Waals surface area contributed by atoms with Gasteiger partial charge in [0.2, 0.25) is 0 Å². The van der Waals surface area contributed by atoms with Crippen LogP contribution in [-0.2, 0) is 16.1 Å². The molecule has 0 spiro atoms. The van der Waals surface area contributed by atoms with Crippen LogP contribution in [0.5, 0.6) is 5.75 Å². The molecule has 1 N–H and O–H groups in total. The van der Waals surface area contributed by atoms with Crippen molar-refractivity contribution in [3.63, 3.8) is 0 Å². The molecule has 1 aromatic rings. The normalized spacial score (nSPS) is 22.9. The summed E-state index contributed by atoms with van der Waals surface area (Å²) >= 11 is 5.48. The van der Waals surface area contributed by atoms with Gasteiger partial charge in [0, 0.05) is 31.2 Å². The van der Waals surface area contributed by atoms with Crippen LogP contribution >= 0.6 is 12.2 Å². The van der Waals surface area contributed by atoms with E-state index < -0.39 is 0 Å². The van der Waals surface area contributed by atoms with E-state index >= 15 is 0 Å². The summed E-state index contributed by atoms with van der Waals surface area (Å²) in [5.74, 6) is 0.858.